The molecule has 0 saturated heterocycles. The molecule has 0 saturated carbocycles. The topological polar surface area (TPSA) is 84.2 Å². The molecule has 4 rings (SSSR count). The number of hydrogen-bond donors (Lipinski definition) is 0. The molecular formula is C25H26O7. The maximum atomic E-state index is 12.9. The zero-order valence-corrected chi connectivity index (χ0v) is 18.5. The summed E-state index contributed by atoms with van der Waals surface area (Å²) in [4.78, 5) is 25.2. The standard InChI is InChI=1S/C25H26O7/c1-4-28-21-12-15(13-22(29-5-2)23(21)30-6-3)24(26)31-16-10-11-18-17-8-7-9-19(17)25(27)32-20(18)14-16/h10-14H,4-9H2,1-3H3. The summed E-state index contributed by atoms with van der Waals surface area (Å²) in [7, 11) is 0. The van der Waals surface area contributed by atoms with E-state index >= 15 is 0 Å². The van der Waals surface area contributed by atoms with Crippen molar-refractivity contribution in [2.45, 2.75) is 40.0 Å². The molecule has 1 heterocycles. The highest BCUT2D eigenvalue weighted by molar-refractivity contribution is 5.93. The zero-order chi connectivity index (χ0) is 22.7. The molecule has 0 fully saturated rings. The van der Waals surface area contributed by atoms with Crippen LogP contribution >= 0.6 is 0 Å². The Morgan fingerprint density at radius 2 is 1.56 bits per heavy atom. The van der Waals surface area contributed by atoms with E-state index in [1.807, 2.05) is 26.8 Å². The van der Waals surface area contributed by atoms with E-state index in [-0.39, 0.29) is 16.9 Å². The van der Waals surface area contributed by atoms with E-state index < -0.39 is 5.97 Å². The lowest BCUT2D eigenvalue weighted by Crippen LogP contribution is -2.11. The quantitative estimate of drug-likeness (QED) is 0.286. The maximum absolute atomic E-state index is 12.9. The largest absolute Gasteiger partial charge is 0.490 e. The highest BCUT2D eigenvalue weighted by Gasteiger charge is 2.22. The summed E-state index contributed by atoms with van der Waals surface area (Å²) < 4.78 is 28.1. The molecule has 0 bridgehead atoms. The van der Waals surface area contributed by atoms with Gasteiger partial charge in [0.15, 0.2) is 11.5 Å². The molecule has 0 N–H and O–H groups in total. The molecule has 7 nitrogen and oxygen atoms in total. The number of benzene rings is 2. The van der Waals surface area contributed by atoms with Crippen molar-refractivity contribution in [1.29, 1.82) is 0 Å². The number of carbonyl (C=O) groups excluding carboxylic acids is 1. The third kappa shape index (κ3) is 4.15. The van der Waals surface area contributed by atoms with Gasteiger partial charge in [-0.05, 0) is 69.9 Å². The van der Waals surface area contributed by atoms with E-state index in [0.29, 0.717) is 42.7 Å². The second-order valence-corrected chi connectivity index (χ2v) is 7.35. The SMILES string of the molecule is CCOc1cc(C(=O)Oc2ccc3c4c(c(=O)oc3c2)CCC4)cc(OCC)c1OCC. The highest BCUT2D eigenvalue weighted by atomic mass is 16.5. The van der Waals surface area contributed by atoms with Gasteiger partial charge in [-0.1, -0.05) is 0 Å². The van der Waals surface area contributed by atoms with Crippen LogP contribution in [0, 0.1) is 0 Å². The summed E-state index contributed by atoms with van der Waals surface area (Å²) in [6.07, 6.45) is 2.54. The van der Waals surface area contributed by atoms with Crippen molar-refractivity contribution in [1.82, 2.24) is 0 Å². The fraction of sp³-hybridized carbons (Fsp3) is 0.360. The van der Waals surface area contributed by atoms with Crippen LogP contribution in [0.15, 0.2) is 39.5 Å². The molecule has 1 aliphatic rings. The molecule has 1 aliphatic carbocycles. The van der Waals surface area contributed by atoms with Crippen LogP contribution in [0.5, 0.6) is 23.0 Å². The first kappa shape index (κ1) is 21.7. The smallest absolute Gasteiger partial charge is 0.343 e. The molecule has 0 spiro atoms. The van der Waals surface area contributed by atoms with E-state index in [0.717, 1.165) is 35.8 Å². The van der Waals surface area contributed by atoms with E-state index in [2.05, 4.69) is 0 Å². The molecule has 0 atom stereocenters. The third-order valence-electron chi connectivity index (χ3n) is 5.30. The Bertz CT molecular complexity index is 1180. The molecule has 0 aliphatic heterocycles. The number of esters is 1. The first-order chi connectivity index (χ1) is 15.5. The van der Waals surface area contributed by atoms with E-state index in [1.165, 1.54) is 0 Å². The molecule has 0 radical (unpaired) electrons. The van der Waals surface area contributed by atoms with Crippen LogP contribution in [-0.4, -0.2) is 25.8 Å². The van der Waals surface area contributed by atoms with Crippen LogP contribution in [0.4, 0.5) is 0 Å². The van der Waals surface area contributed by atoms with Gasteiger partial charge in [-0.15, -0.1) is 0 Å². The maximum Gasteiger partial charge on any atom is 0.343 e. The Hall–Kier alpha value is -3.48. The van der Waals surface area contributed by atoms with Gasteiger partial charge in [0.25, 0.3) is 0 Å². The van der Waals surface area contributed by atoms with E-state index in [9.17, 15) is 9.59 Å². The second-order valence-electron chi connectivity index (χ2n) is 7.35. The second kappa shape index (κ2) is 9.34. The predicted molar refractivity (Wildman–Crippen MR) is 119 cm³/mol. The van der Waals surface area contributed by atoms with Gasteiger partial charge in [0.1, 0.15) is 11.3 Å². The van der Waals surface area contributed by atoms with Gasteiger partial charge in [0, 0.05) is 17.0 Å². The molecule has 2 aromatic carbocycles. The molecule has 7 heteroatoms. The number of rotatable bonds is 8. The first-order valence-corrected chi connectivity index (χ1v) is 10.9. The fourth-order valence-corrected chi connectivity index (χ4v) is 4.00. The van der Waals surface area contributed by atoms with Crippen LogP contribution < -0.4 is 24.6 Å². The normalized spacial score (nSPS) is 12.5. The van der Waals surface area contributed by atoms with Gasteiger partial charge >= 0.3 is 11.6 Å². The molecule has 0 amide bonds. The third-order valence-corrected chi connectivity index (χ3v) is 5.30. The van der Waals surface area contributed by atoms with Gasteiger partial charge in [-0.3, -0.25) is 0 Å². The van der Waals surface area contributed by atoms with Crippen molar-refractivity contribution >= 4 is 16.9 Å². The molecule has 0 unspecified atom stereocenters. The molecule has 1 aromatic heterocycles. The number of hydrogen-bond acceptors (Lipinski definition) is 7. The van der Waals surface area contributed by atoms with Gasteiger partial charge in [-0.25, -0.2) is 9.59 Å². The fourth-order valence-electron chi connectivity index (χ4n) is 4.00. The van der Waals surface area contributed by atoms with E-state index in [1.54, 1.807) is 24.3 Å². The minimum absolute atomic E-state index is 0.260. The Balaban J connectivity index is 1.66. The van der Waals surface area contributed by atoms with Gasteiger partial charge in [0.05, 0.1) is 25.4 Å². The molecule has 3 aromatic rings. The van der Waals surface area contributed by atoms with Crippen LogP contribution in [0.2, 0.25) is 0 Å². The number of fused-ring (bicyclic) bond motifs is 3. The van der Waals surface area contributed by atoms with E-state index in [4.69, 9.17) is 23.4 Å². The van der Waals surface area contributed by atoms with Crippen molar-refractivity contribution in [3.05, 3.63) is 57.4 Å². The van der Waals surface area contributed by atoms with Crippen molar-refractivity contribution in [3.63, 3.8) is 0 Å². The van der Waals surface area contributed by atoms with Crippen molar-refractivity contribution in [3.8, 4) is 23.0 Å². The van der Waals surface area contributed by atoms with Gasteiger partial charge in [-0.2, -0.15) is 0 Å². The molecule has 32 heavy (non-hydrogen) atoms. The molecular weight excluding hydrogens is 412 g/mol. The lowest BCUT2D eigenvalue weighted by atomic mass is 10.1. The summed E-state index contributed by atoms with van der Waals surface area (Å²) in [5, 5.41) is 0.884. The average molecular weight is 438 g/mol. The van der Waals surface area contributed by atoms with Crippen LogP contribution in [0.1, 0.15) is 48.7 Å². The lowest BCUT2D eigenvalue weighted by molar-refractivity contribution is 0.0733. The lowest BCUT2D eigenvalue weighted by Gasteiger charge is -2.17. The van der Waals surface area contributed by atoms with Crippen LogP contribution in [0.25, 0.3) is 11.0 Å². The van der Waals surface area contributed by atoms with Crippen molar-refractivity contribution in [2.24, 2.45) is 0 Å². The van der Waals surface area contributed by atoms with Crippen LogP contribution in [-0.2, 0) is 12.8 Å². The number of aryl methyl sites for hydroxylation is 1. The predicted octanol–water partition coefficient (Wildman–Crippen LogP) is 4.70. The Morgan fingerprint density at radius 1 is 0.906 bits per heavy atom. The monoisotopic (exact) mass is 438 g/mol. The summed E-state index contributed by atoms with van der Waals surface area (Å²) >= 11 is 0. The summed E-state index contributed by atoms with van der Waals surface area (Å²) in [5.41, 5.74) is 2.14. The number of carbonyl (C=O) groups is 1. The first-order valence-electron chi connectivity index (χ1n) is 10.9. The average Bonchev–Trinajstić information content (AvgIpc) is 3.27. The van der Waals surface area contributed by atoms with Gasteiger partial charge in [0.2, 0.25) is 5.75 Å². The van der Waals surface area contributed by atoms with Crippen LogP contribution in [0.3, 0.4) is 0 Å². The highest BCUT2D eigenvalue weighted by Crippen LogP contribution is 2.39. The minimum atomic E-state index is -0.585. The summed E-state index contributed by atoms with van der Waals surface area (Å²) in [6, 6.07) is 8.27. The summed E-state index contributed by atoms with van der Waals surface area (Å²) in [5.74, 6) is 0.972. The minimum Gasteiger partial charge on any atom is -0.490 e. The Kier molecular flexibility index (Phi) is 6.35. The molecule has 168 valence electrons. The zero-order valence-electron chi connectivity index (χ0n) is 18.5. The number of ether oxygens (including phenoxy) is 4. The Morgan fingerprint density at radius 3 is 2.22 bits per heavy atom. The Labute approximate surface area is 185 Å². The van der Waals surface area contributed by atoms with Crippen molar-refractivity contribution < 1.29 is 28.2 Å². The van der Waals surface area contributed by atoms with Gasteiger partial charge < -0.3 is 23.4 Å². The van der Waals surface area contributed by atoms with Crippen molar-refractivity contribution in [2.75, 3.05) is 19.8 Å². The summed E-state index contributed by atoms with van der Waals surface area (Å²) in [6.45, 7) is 6.79.